The molecule has 118 valence electrons. The first-order valence-electron chi connectivity index (χ1n) is 8.14. The van der Waals surface area contributed by atoms with Gasteiger partial charge in [0.2, 0.25) is 0 Å². The number of rotatable bonds is 7. The van der Waals surface area contributed by atoms with Crippen LogP contribution in [0.15, 0.2) is 30.3 Å². The van der Waals surface area contributed by atoms with E-state index in [1.54, 1.807) is 0 Å². The molecule has 21 heavy (non-hydrogen) atoms. The van der Waals surface area contributed by atoms with E-state index in [2.05, 4.69) is 49.5 Å². The number of ether oxygens (including phenoxy) is 2. The number of unbranched alkanes of at least 4 members (excludes halogenated alkanes) is 1. The van der Waals surface area contributed by atoms with Gasteiger partial charge in [-0.15, -0.1) is 0 Å². The van der Waals surface area contributed by atoms with Gasteiger partial charge < -0.3 is 14.8 Å². The summed E-state index contributed by atoms with van der Waals surface area (Å²) in [6.07, 6.45) is 3.67. The smallest absolute Gasteiger partial charge is 0.163 e. The quantitative estimate of drug-likeness (QED) is 0.822. The Hall–Kier alpha value is -0.900. The van der Waals surface area contributed by atoms with Gasteiger partial charge in [-0.1, -0.05) is 50.1 Å². The predicted octanol–water partition coefficient (Wildman–Crippen LogP) is 4.05. The standard InChI is InChI=1S/C18H29NO2/c1-5-6-12-16(17-13-20-18(3,4)21-17)19-14(2)15-10-8-7-9-11-15/h7-11,14,16-17,19H,5-6,12-13H2,1-4H3/t14-,16-,17+/m1/s1. The van der Waals surface area contributed by atoms with Crippen molar-refractivity contribution in [1.82, 2.24) is 5.32 Å². The number of nitrogens with one attached hydrogen (secondary N) is 1. The predicted molar refractivity (Wildman–Crippen MR) is 86.2 cm³/mol. The molecule has 0 spiro atoms. The Kier molecular flexibility index (Phi) is 5.80. The maximum atomic E-state index is 6.06. The summed E-state index contributed by atoms with van der Waals surface area (Å²) in [7, 11) is 0. The van der Waals surface area contributed by atoms with E-state index >= 15 is 0 Å². The summed E-state index contributed by atoms with van der Waals surface area (Å²) < 4.78 is 11.8. The highest BCUT2D eigenvalue weighted by Crippen LogP contribution is 2.27. The van der Waals surface area contributed by atoms with E-state index in [0.29, 0.717) is 18.7 Å². The molecule has 3 atom stereocenters. The van der Waals surface area contributed by atoms with Gasteiger partial charge in [0.05, 0.1) is 12.7 Å². The van der Waals surface area contributed by atoms with Gasteiger partial charge in [0.25, 0.3) is 0 Å². The normalized spacial score (nSPS) is 23.9. The topological polar surface area (TPSA) is 30.5 Å². The first-order valence-corrected chi connectivity index (χ1v) is 8.14. The fraction of sp³-hybridized carbons (Fsp3) is 0.667. The van der Waals surface area contributed by atoms with Gasteiger partial charge in [-0.3, -0.25) is 0 Å². The highest BCUT2D eigenvalue weighted by Gasteiger charge is 2.37. The molecule has 1 aromatic rings. The minimum Gasteiger partial charge on any atom is -0.348 e. The van der Waals surface area contributed by atoms with E-state index in [9.17, 15) is 0 Å². The second kappa shape index (κ2) is 7.39. The maximum absolute atomic E-state index is 6.06. The molecule has 1 aliphatic heterocycles. The van der Waals surface area contributed by atoms with E-state index < -0.39 is 5.79 Å². The maximum Gasteiger partial charge on any atom is 0.163 e. The first kappa shape index (κ1) is 16.5. The summed E-state index contributed by atoms with van der Waals surface area (Å²) in [4.78, 5) is 0. The first-order chi connectivity index (χ1) is 10.0. The number of hydrogen-bond donors (Lipinski definition) is 1. The van der Waals surface area contributed by atoms with Crippen molar-refractivity contribution in [1.29, 1.82) is 0 Å². The van der Waals surface area contributed by atoms with Crippen LogP contribution in [0.4, 0.5) is 0 Å². The lowest BCUT2D eigenvalue weighted by atomic mass is 10.0. The molecule has 1 heterocycles. The molecule has 2 rings (SSSR count). The van der Waals surface area contributed by atoms with E-state index in [0.717, 1.165) is 6.42 Å². The molecule has 0 amide bonds. The summed E-state index contributed by atoms with van der Waals surface area (Å²) in [6.45, 7) is 9.10. The summed E-state index contributed by atoms with van der Waals surface area (Å²) in [6, 6.07) is 11.2. The fourth-order valence-electron chi connectivity index (χ4n) is 2.87. The molecule has 1 aromatic carbocycles. The molecule has 3 heteroatoms. The molecule has 1 N–H and O–H groups in total. The zero-order valence-corrected chi connectivity index (χ0v) is 13.8. The van der Waals surface area contributed by atoms with E-state index in [1.807, 2.05) is 13.8 Å². The Bertz CT molecular complexity index is 418. The van der Waals surface area contributed by atoms with Crippen LogP contribution in [0.3, 0.4) is 0 Å². The Morgan fingerprint density at radius 3 is 2.57 bits per heavy atom. The number of hydrogen-bond acceptors (Lipinski definition) is 3. The van der Waals surface area contributed by atoms with Crippen molar-refractivity contribution >= 4 is 0 Å². The second-order valence-corrected chi connectivity index (χ2v) is 6.41. The summed E-state index contributed by atoms with van der Waals surface area (Å²) in [5.41, 5.74) is 1.32. The summed E-state index contributed by atoms with van der Waals surface area (Å²) in [5, 5.41) is 3.74. The minimum absolute atomic E-state index is 0.137. The molecular formula is C18H29NO2. The van der Waals surface area contributed by atoms with Crippen molar-refractivity contribution in [3.05, 3.63) is 35.9 Å². The number of benzene rings is 1. The molecule has 3 nitrogen and oxygen atoms in total. The summed E-state index contributed by atoms with van der Waals surface area (Å²) in [5.74, 6) is -0.452. The second-order valence-electron chi connectivity index (χ2n) is 6.41. The van der Waals surface area contributed by atoms with Crippen LogP contribution >= 0.6 is 0 Å². The lowest BCUT2D eigenvalue weighted by Gasteiger charge is -2.28. The van der Waals surface area contributed by atoms with Gasteiger partial charge in [0.15, 0.2) is 5.79 Å². The molecule has 1 aliphatic rings. The monoisotopic (exact) mass is 291 g/mol. The zero-order valence-electron chi connectivity index (χ0n) is 13.8. The van der Waals surface area contributed by atoms with Gasteiger partial charge in [0, 0.05) is 12.1 Å². The average Bonchev–Trinajstić information content (AvgIpc) is 2.84. The van der Waals surface area contributed by atoms with Gasteiger partial charge in [-0.2, -0.15) is 0 Å². The van der Waals surface area contributed by atoms with Crippen LogP contribution in [-0.2, 0) is 9.47 Å². The Morgan fingerprint density at radius 1 is 1.29 bits per heavy atom. The van der Waals surface area contributed by atoms with Crippen molar-refractivity contribution in [2.24, 2.45) is 0 Å². The van der Waals surface area contributed by atoms with Crippen LogP contribution in [0, 0.1) is 0 Å². The fourth-order valence-corrected chi connectivity index (χ4v) is 2.87. The molecule has 1 saturated heterocycles. The van der Waals surface area contributed by atoms with Crippen molar-refractivity contribution in [3.8, 4) is 0 Å². The van der Waals surface area contributed by atoms with Crippen molar-refractivity contribution in [3.63, 3.8) is 0 Å². The Labute approximate surface area is 129 Å². The third-order valence-electron chi connectivity index (χ3n) is 4.11. The Balaban J connectivity index is 1.99. The lowest BCUT2D eigenvalue weighted by molar-refractivity contribution is -0.142. The van der Waals surface area contributed by atoms with Gasteiger partial charge in [-0.25, -0.2) is 0 Å². The molecule has 0 aromatic heterocycles. The highest BCUT2D eigenvalue weighted by molar-refractivity contribution is 5.18. The SMILES string of the molecule is CCCC[C@@H](N[C@H](C)c1ccccc1)[C@@H]1COC(C)(C)O1. The molecular weight excluding hydrogens is 262 g/mol. The van der Waals surface area contributed by atoms with Crippen LogP contribution < -0.4 is 5.32 Å². The molecule has 1 fully saturated rings. The van der Waals surface area contributed by atoms with E-state index in [4.69, 9.17) is 9.47 Å². The molecule has 0 aliphatic carbocycles. The average molecular weight is 291 g/mol. The van der Waals surface area contributed by atoms with Crippen molar-refractivity contribution < 1.29 is 9.47 Å². The van der Waals surface area contributed by atoms with Crippen LogP contribution in [0.1, 0.15) is 58.6 Å². The van der Waals surface area contributed by atoms with E-state index in [1.165, 1.54) is 18.4 Å². The molecule has 0 unspecified atom stereocenters. The van der Waals surface area contributed by atoms with Crippen LogP contribution in [0.2, 0.25) is 0 Å². The van der Waals surface area contributed by atoms with Gasteiger partial charge in [0.1, 0.15) is 0 Å². The van der Waals surface area contributed by atoms with Crippen LogP contribution in [-0.4, -0.2) is 24.5 Å². The largest absolute Gasteiger partial charge is 0.348 e. The van der Waals surface area contributed by atoms with Crippen molar-refractivity contribution in [2.45, 2.75) is 70.9 Å². The molecule has 0 saturated carbocycles. The zero-order chi connectivity index (χ0) is 15.3. The molecule has 0 radical (unpaired) electrons. The van der Waals surface area contributed by atoms with Crippen molar-refractivity contribution in [2.75, 3.05) is 6.61 Å². The highest BCUT2D eigenvalue weighted by atomic mass is 16.7. The summed E-state index contributed by atoms with van der Waals surface area (Å²) >= 11 is 0. The third-order valence-corrected chi connectivity index (χ3v) is 4.11. The minimum atomic E-state index is -0.452. The Morgan fingerprint density at radius 2 is 2.00 bits per heavy atom. The van der Waals surface area contributed by atoms with Gasteiger partial charge in [-0.05, 0) is 32.8 Å². The molecule has 0 bridgehead atoms. The van der Waals surface area contributed by atoms with Gasteiger partial charge >= 0.3 is 0 Å². The van der Waals surface area contributed by atoms with Crippen LogP contribution in [0.25, 0.3) is 0 Å². The third kappa shape index (κ3) is 4.80. The van der Waals surface area contributed by atoms with Crippen LogP contribution in [0.5, 0.6) is 0 Å². The van der Waals surface area contributed by atoms with E-state index in [-0.39, 0.29) is 6.10 Å². The lowest BCUT2D eigenvalue weighted by Crippen LogP contribution is -2.43.